The molecule has 5 rings (SSSR count). The molecule has 2 aromatic carbocycles. The Bertz CT molecular complexity index is 1420. The minimum absolute atomic E-state index is 0.123. The van der Waals surface area contributed by atoms with Gasteiger partial charge >= 0.3 is 0 Å². The number of anilines is 2. The second-order valence-corrected chi connectivity index (χ2v) is 9.25. The smallest absolute Gasteiger partial charge is 0.221 e. The van der Waals surface area contributed by atoms with Gasteiger partial charge in [0.2, 0.25) is 5.91 Å². The number of hydrogen-bond acceptors (Lipinski definition) is 3. The number of rotatable bonds is 5. The lowest BCUT2D eigenvalue weighted by Crippen LogP contribution is -2.29. The summed E-state index contributed by atoms with van der Waals surface area (Å²) >= 11 is 5.84. The first-order valence-corrected chi connectivity index (χ1v) is 12.1. The van der Waals surface area contributed by atoms with Crippen LogP contribution in [0.15, 0.2) is 79.0 Å². The van der Waals surface area contributed by atoms with Crippen LogP contribution in [0.25, 0.3) is 5.69 Å². The third-order valence-electron chi connectivity index (χ3n) is 6.44. The summed E-state index contributed by atoms with van der Waals surface area (Å²) in [5, 5.41) is 6.88. The van der Waals surface area contributed by atoms with Gasteiger partial charge < -0.3 is 20.1 Å². The number of hydrogen-bond donors (Lipinski definition) is 2. The Morgan fingerprint density at radius 1 is 1.03 bits per heavy atom. The van der Waals surface area contributed by atoms with Crippen LogP contribution in [-0.4, -0.2) is 20.6 Å². The molecule has 3 heterocycles. The molecule has 36 heavy (non-hydrogen) atoms. The maximum atomic E-state index is 13.6. The van der Waals surface area contributed by atoms with E-state index in [-0.39, 0.29) is 23.8 Å². The van der Waals surface area contributed by atoms with Crippen LogP contribution in [0.5, 0.6) is 0 Å². The standard InChI is InChI=1S/C28H26FN5OS/c1-17-16-24(18(2)33(17)22-11-7-20(29)8-12-22)27-26(25-6-4-5-15-30-25)32-28(36)34(27)23-13-9-21(10-14-23)31-19(3)35/h4-16,26-27H,1-3H3,(H,31,35)(H,32,36)/t26-,27-/m0/s1. The molecule has 2 aromatic heterocycles. The molecule has 0 bridgehead atoms. The number of pyridine rings is 1. The van der Waals surface area contributed by atoms with Crippen LogP contribution < -0.4 is 15.5 Å². The first kappa shape index (κ1) is 23.7. The van der Waals surface area contributed by atoms with Gasteiger partial charge in [-0.15, -0.1) is 0 Å². The van der Waals surface area contributed by atoms with Gasteiger partial charge in [0.25, 0.3) is 0 Å². The summed E-state index contributed by atoms with van der Waals surface area (Å²) in [6.45, 7) is 5.60. The highest BCUT2D eigenvalue weighted by Crippen LogP contribution is 2.43. The number of nitrogens with one attached hydrogen (secondary N) is 2. The molecule has 2 atom stereocenters. The van der Waals surface area contributed by atoms with Crippen molar-refractivity contribution in [2.45, 2.75) is 32.9 Å². The molecule has 8 heteroatoms. The Labute approximate surface area is 214 Å². The molecular weight excluding hydrogens is 473 g/mol. The third-order valence-corrected chi connectivity index (χ3v) is 6.75. The van der Waals surface area contributed by atoms with Crippen molar-refractivity contribution >= 4 is 34.6 Å². The number of halogens is 1. The Hall–Kier alpha value is -4.04. The Balaban J connectivity index is 1.62. The number of carbonyl (C=O) groups is 1. The second-order valence-electron chi connectivity index (χ2n) is 8.86. The van der Waals surface area contributed by atoms with E-state index in [0.29, 0.717) is 5.11 Å². The fourth-order valence-electron chi connectivity index (χ4n) is 4.93. The molecule has 0 radical (unpaired) electrons. The Morgan fingerprint density at radius 3 is 2.36 bits per heavy atom. The average molecular weight is 500 g/mol. The van der Waals surface area contributed by atoms with E-state index in [1.165, 1.54) is 19.1 Å². The summed E-state index contributed by atoms with van der Waals surface area (Å²) in [5.74, 6) is -0.390. The molecule has 0 saturated carbocycles. The van der Waals surface area contributed by atoms with Gasteiger partial charge in [0.05, 0.1) is 17.8 Å². The molecule has 1 fully saturated rings. The van der Waals surface area contributed by atoms with E-state index in [2.05, 4.69) is 38.1 Å². The van der Waals surface area contributed by atoms with Crippen molar-refractivity contribution in [1.82, 2.24) is 14.9 Å². The molecule has 1 amide bonds. The van der Waals surface area contributed by atoms with Crippen LogP contribution in [-0.2, 0) is 4.79 Å². The molecule has 182 valence electrons. The lowest BCUT2D eigenvalue weighted by molar-refractivity contribution is -0.114. The summed E-state index contributed by atoms with van der Waals surface area (Å²) in [4.78, 5) is 18.2. The summed E-state index contributed by atoms with van der Waals surface area (Å²) < 4.78 is 15.7. The molecular formula is C28H26FN5OS. The van der Waals surface area contributed by atoms with Crippen LogP contribution in [0.2, 0.25) is 0 Å². The Kier molecular flexibility index (Phi) is 6.28. The van der Waals surface area contributed by atoms with E-state index < -0.39 is 0 Å². The fraction of sp³-hybridized carbons (Fsp3) is 0.179. The zero-order valence-electron chi connectivity index (χ0n) is 20.2. The molecule has 0 aliphatic carbocycles. The third kappa shape index (κ3) is 4.35. The average Bonchev–Trinajstić information content (AvgIpc) is 3.35. The SMILES string of the molecule is CC(=O)Nc1ccc(N2C(=S)N[C@@H](c3ccccn3)[C@@H]2c2cc(C)n(-c3ccc(F)cc3)c2C)cc1. The van der Waals surface area contributed by atoms with Crippen LogP contribution >= 0.6 is 12.2 Å². The number of carbonyl (C=O) groups excluding carboxylic acids is 1. The monoisotopic (exact) mass is 499 g/mol. The van der Waals surface area contributed by atoms with E-state index in [9.17, 15) is 9.18 Å². The summed E-state index contributed by atoms with van der Waals surface area (Å²) in [5.41, 5.74) is 6.56. The van der Waals surface area contributed by atoms with Crippen molar-refractivity contribution in [3.63, 3.8) is 0 Å². The highest BCUT2D eigenvalue weighted by molar-refractivity contribution is 7.80. The molecule has 4 aromatic rings. The predicted molar refractivity (Wildman–Crippen MR) is 144 cm³/mol. The van der Waals surface area contributed by atoms with E-state index in [1.54, 1.807) is 18.3 Å². The Morgan fingerprint density at radius 2 is 1.72 bits per heavy atom. The number of amides is 1. The van der Waals surface area contributed by atoms with Crippen molar-refractivity contribution in [2.75, 3.05) is 10.2 Å². The van der Waals surface area contributed by atoms with E-state index in [0.717, 1.165) is 39.7 Å². The van der Waals surface area contributed by atoms with Crippen LogP contribution in [0, 0.1) is 19.7 Å². The summed E-state index contributed by atoms with van der Waals surface area (Å²) in [6.07, 6.45) is 1.78. The van der Waals surface area contributed by atoms with Crippen LogP contribution in [0.4, 0.5) is 15.8 Å². The van der Waals surface area contributed by atoms with Gasteiger partial charge in [-0.2, -0.15) is 0 Å². The quantitative estimate of drug-likeness (QED) is 0.342. The zero-order chi connectivity index (χ0) is 25.4. The first-order chi connectivity index (χ1) is 17.3. The van der Waals surface area contributed by atoms with Crippen molar-refractivity contribution in [3.05, 3.63) is 107 Å². The minimum Gasteiger partial charge on any atom is -0.351 e. The molecule has 2 N–H and O–H groups in total. The normalized spacial score (nSPS) is 17.2. The van der Waals surface area contributed by atoms with Crippen LogP contribution in [0.1, 0.15) is 41.7 Å². The predicted octanol–water partition coefficient (Wildman–Crippen LogP) is 5.76. The molecule has 1 saturated heterocycles. The second kappa shape index (κ2) is 9.54. The molecule has 1 aliphatic heterocycles. The molecule has 0 unspecified atom stereocenters. The van der Waals surface area contributed by atoms with Gasteiger partial charge in [0, 0.05) is 41.6 Å². The van der Waals surface area contributed by atoms with Crippen molar-refractivity contribution in [1.29, 1.82) is 0 Å². The highest BCUT2D eigenvalue weighted by atomic mass is 32.1. The van der Waals surface area contributed by atoms with Crippen molar-refractivity contribution in [3.8, 4) is 5.69 Å². The number of aromatic nitrogens is 2. The van der Waals surface area contributed by atoms with E-state index in [1.807, 2.05) is 49.4 Å². The summed E-state index contributed by atoms with van der Waals surface area (Å²) in [6, 6.07) is 21.8. The largest absolute Gasteiger partial charge is 0.351 e. The van der Waals surface area contributed by atoms with Crippen molar-refractivity contribution in [2.24, 2.45) is 0 Å². The maximum absolute atomic E-state index is 13.6. The zero-order valence-corrected chi connectivity index (χ0v) is 21.0. The first-order valence-electron chi connectivity index (χ1n) is 11.7. The molecule has 1 aliphatic rings. The minimum atomic E-state index is -0.268. The fourth-order valence-corrected chi connectivity index (χ4v) is 5.28. The van der Waals surface area contributed by atoms with E-state index in [4.69, 9.17) is 12.2 Å². The van der Waals surface area contributed by atoms with E-state index >= 15 is 0 Å². The lowest BCUT2D eigenvalue weighted by Gasteiger charge is -2.28. The highest BCUT2D eigenvalue weighted by Gasteiger charge is 2.42. The van der Waals surface area contributed by atoms with Gasteiger partial charge in [-0.3, -0.25) is 9.78 Å². The van der Waals surface area contributed by atoms with Gasteiger partial charge in [0.1, 0.15) is 5.82 Å². The van der Waals surface area contributed by atoms with Gasteiger partial charge in [-0.25, -0.2) is 4.39 Å². The van der Waals surface area contributed by atoms with Crippen molar-refractivity contribution < 1.29 is 9.18 Å². The number of nitrogens with zero attached hydrogens (tertiary/aromatic N) is 3. The topological polar surface area (TPSA) is 62.2 Å². The molecule has 0 spiro atoms. The number of thiocarbonyl (C=S) groups is 1. The van der Waals surface area contributed by atoms with Gasteiger partial charge in [-0.05, 0) is 98.4 Å². The number of aryl methyl sites for hydroxylation is 1. The summed E-state index contributed by atoms with van der Waals surface area (Å²) in [7, 11) is 0. The maximum Gasteiger partial charge on any atom is 0.221 e. The molecule has 6 nitrogen and oxygen atoms in total. The van der Waals surface area contributed by atoms with Crippen LogP contribution in [0.3, 0.4) is 0 Å². The van der Waals surface area contributed by atoms with Gasteiger partial charge in [-0.1, -0.05) is 6.07 Å². The number of benzene rings is 2. The van der Waals surface area contributed by atoms with Gasteiger partial charge in [0.15, 0.2) is 5.11 Å². The lowest BCUT2D eigenvalue weighted by atomic mass is 9.96.